The summed E-state index contributed by atoms with van der Waals surface area (Å²) in [6.45, 7) is 0. The second kappa shape index (κ2) is 6.13. The van der Waals surface area contributed by atoms with Gasteiger partial charge in [-0.3, -0.25) is 0 Å². The molecule has 2 heterocycles. The van der Waals surface area contributed by atoms with Crippen LogP contribution in [0.1, 0.15) is 34.1 Å². The molecule has 0 aliphatic heterocycles. The zero-order valence-corrected chi connectivity index (χ0v) is 16.6. The number of thiophene rings is 2. The Morgan fingerprint density at radius 2 is 1.04 bits per heavy atom. The van der Waals surface area contributed by atoms with Gasteiger partial charge in [0.15, 0.2) is 0 Å². The number of fused-ring (bicyclic) bond motifs is 1. The van der Waals surface area contributed by atoms with Crippen LogP contribution in [0.3, 0.4) is 0 Å². The summed E-state index contributed by atoms with van der Waals surface area (Å²) < 4.78 is 0. The fourth-order valence-corrected chi connectivity index (χ4v) is 6.36. The highest BCUT2D eigenvalue weighted by atomic mass is 32.1. The molecule has 7 rings (SSSR count). The second-order valence-electron chi connectivity index (χ2n) is 7.58. The first-order chi connectivity index (χ1) is 13.7. The zero-order valence-electron chi connectivity index (χ0n) is 14.9. The van der Waals surface area contributed by atoms with Gasteiger partial charge in [0, 0.05) is 21.6 Å². The maximum absolute atomic E-state index is 10.9. The van der Waals surface area contributed by atoms with Crippen LogP contribution in [0.25, 0.3) is 20.9 Å². The van der Waals surface area contributed by atoms with Gasteiger partial charge in [0.25, 0.3) is 0 Å². The molecule has 4 atom stereocenters. The largest absolute Gasteiger partial charge is 0.389 e. The minimum atomic E-state index is -0.767. The van der Waals surface area contributed by atoms with Crippen molar-refractivity contribution in [2.24, 2.45) is 0 Å². The molecule has 2 N–H and O–H groups in total. The quantitative estimate of drug-likeness (QED) is 0.468. The Hall–Kier alpha value is -2.24. The molecule has 0 saturated carbocycles. The first kappa shape index (κ1) is 16.7. The van der Waals surface area contributed by atoms with Gasteiger partial charge in [0.2, 0.25) is 0 Å². The monoisotopic (exact) mass is 402 g/mol. The molecular weight excluding hydrogens is 384 g/mol. The number of benzene rings is 2. The van der Waals surface area contributed by atoms with E-state index in [2.05, 4.69) is 71.4 Å². The van der Waals surface area contributed by atoms with E-state index in [9.17, 15) is 10.2 Å². The molecule has 2 aromatic heterocycles. The third-order valence-electron chi connectivity index (χ3n) is 6.16. The molecule has 0 saturated heterocycles. The van der Waals surface area contributed by atoms with E-state index in [1.54, 1.807) is 22.7 Å². The summed E-state index contributed by atoms with van der Waals surface area (Å²) in [6, 6.07) is 21.4. The lowest BCUT2D eigenvalue weighted by Gasteiger charge is -2.47. The SMILES string of the molecule is OC1C2c3ccc(-c4cccs4)cc3C(c3ccc(-c4cccs4)cc32)C1O. The molecule has 0 fully saturated rings. The smallest absolute Gasteiger partial charge is 0.0917 e. The molecule has 2 aromatic carbocycles. The molecule has 2 bridgehead atoms. The van der Waals surface area contributed by atoms with Gasteiger partial charge in [-0.2, -0.15) is 0 Å². The van der Waals surface area contributed by atoms with Gasteiger partial charge < -0.3 is 10.2 Å². The predicted octanol–water partition coefficient (Wildman–Crippen LogP) is 5.46. The maximum Gasteiger partial charge on any atom is 0.0917 e. The van der Waals surface area contributed by atoms with Crippen LogP contribution in [-0.2, 0) is 0 Å². The number of rotatable bonds is 2. The number of aliphatic hydroxyl groups is 2. The highest BCUT2D eigenvalue weighted by molar-refractivity contribution is 7.13. The van der Waals surface area contributed by atoms with Crippen molar-refractivity contribution < 1.29 is 10.2 Å². The van der Waals surface area contributed by atoms with Crippen molar-refractivity contribution in [3.63, 3.8) is 0 Å². The molecule has 0 spiro atoms. The van der Waals surface area contributed by atoms with Crippen LogP contribution in [0.5, 0.6) is 0 Å². The van der Waals surface area contributed by atoms with Crippen molar-refractivity contribution in [3.05, 3.63) is 93.7 Å². The Morgan fingerprint density at radius 1 is 0.571 bits per heavy atom. The van der Waals surface area contributed by atoms with Crippen molar-refractivity contribution in [3.8, 4) is 20.9 Å². The van der Waals surface area contributed by atoms with E-state index in [-0.39, 0.29) is 11.8 Å². The van der Waals surface area contributed by atoms with Crippen LogP contribution < -0.4 is 0 Å². The number of aliphatic hydroxyl groups excluding tert-OH is 2. The standard InChI is InChI=1S/C24H18O2S2/c25-23-21-16-8-6-14(20-4-2-10-28-20)12-18(16)22(24(23)26)15-7-5-13(11-17(15)21)19-3-1-9-27-19/h1-12,21-26H. The van der Waals surface area contributed by atoms with E-state index in [4.69, 9.17) is 0 Å². The maximum atomic E-state index is 10.9. The van der Waals surface area contributed by atoms with Gasteiger partial charge in [-0.25, -0.2) is 0 Å². The third-order valence-corrected chi connectivity index (χ3v) is 8.00. The van der Waals surface area contributed by atoms with Gasteiger partial charge in [-0.05, 0) is 68.4 Å². The van der Waals surface area contributed by atoms with E-state index >= 15 is 0 Å². The molecule has 3 aliphatic rings. The van der Waals surface area contributed by atoms with Crippen LogP contribution in [0.4, 0.5) is 0 Å². The summed E-state index contributed by atoms with van der Waals surface area (Å²) in [7, 11) is 0. The molecule has 3 aliphatic carbocycles. The zero-order chi connectivity index (χ0) is 18.8. The van der Waals surface area contributed by atoms with E-state index < -0.39 is 12.2 Å². The number of hydrogen-bond acceptors (Lipinski definition) is 4. The average Bonchev–Trinajstić information content (AvgIpc) is 3.44. The molecule has 4 heteroatoms. The first-order valence-corrected chi connectivity index (χ1v) is 11.2. The Bertz CT molecular complexity index is 1070. The molecule has 0 radical (unpaired) electrons. The second-order valence-corrected chi connectivity index (χ2v) is 9.47. The third kappa shape index (κ3) is 2.26. The lowest BCUT2D eigenvalue weighted by Crippen LogP contribution is -2.47. The van der Waals surface area contributed by atoms with Gasteiger partial charge in [0.1, 0.15) is 0 Å². The number of hydrogen-bond donors (Lipinski definition) is 2. The van der Waals surface area contributed by atoms with Crippen molar-refractivity contribution in [2.45, 2.75) is 24.0 Å². The van der Waals surface area contributed by atoms with Crippen molar-refractivity contribution in [1.82, 2.24) is 0 Å². The minimum Gasteiger partial charge on any atom is -0.389 e. The highest BCUT2D eigenvalue weighted by Gasteiger charge is 2.48. The van der Waals surface area contributed by atoms with Gasteiger partial charge in [-0.15, -0.1) is 22.7 Å². The summed E-state index contributed by atoms with van der Waals surface area (Å²) in [4.78, 5) is 2.46. The summed E-state index contributed by atoms with van der Waals surface area (Å²) in [6.07, 6.45) is -1.53. The van der Waals surface area contributed by atoms with Crippen LogP contribution in [0, 0.1) is 0 Å². The Labute approximate surface area is 171 Å². The summed E-state index contributed by atoms with van der Waals surface area (Å²) in [5.74, 6) is -0.357. The summed E-state index contributed by atoms with van der Waals surface area (Å²) in [5, 5.41) is 26.0. The fourth-order valence-electron chi connectivity index (χ4n) is 4.91. The molecule has 138 valence electrons. The van der Waals surface area contributed by atoms with Crippen molar-refractivity contribution in [2.75, 3.05) is 0 Å². The van der Waals surface area contributed by atoms with E-state index in [1.165, 1.54) is 20.9 Å². The topological polar surface area (TPSA) is 40.5 Å². The normalized spacial score (nSPS) is 24.8. The first-order valence-electron chi connectivity index (χ1n) is 9.44. The van der Waals surface area contributed by atoms with E-state index in [1.807, 2.05) is 0 Å². The van der Waals surface area contributed by atoms with Crippen LogP contribution in [0.2, 0.25) is 0 Å². The fraction of sp³-hybridized carbons (Fsp3) is 0.167. The van der Waals surface area contributed by atoms with Crippen LogP contribution in [-0.4, -0.2) is 22.4 Å². The lowest BCUT2D eigenvalue weighted by molar-refractivity contribution is -0.0153. The highest BCUT2D eigenvalue weighted by Crippen LogP contribution is 2.54. The predicted molar refractivity (Wildman–Crippen MR) is 115 cm³/mol. The van der Waals surface area contributed by atoms with Crippen molar-refractivity contribution >= 4 is 22.7 Å². The minimum absolute atomic E-state index is 0.178. The van der Waals surface area contributed by atoms with Gasteiger partial charge >= 0.3 is 0 Å². The summed E-state index contributed by atoms with van der Waals surface area (Å²) >= 11 is 3.45. The van der Waals surface area contributed by atoms with Gasteiger partial charge in [-0.1, -0.05) is 36.4 Å². The molecule has 4 aromatic rings. The lowest BCUT2D eigenvalue weighted by atomic mass is 9.60. The van der Waals surface area contributed by atoms with Crippen molar-refractivity contribution in [1.29, 1.82) is 0 Å². The molecule has 0 amide bonds. The Morgan fingerprint density at radius 3 is 1.43 bits per heavy atom. The Kier molecular flexibility index (Phi) is 3.65. The average molecular weight is 403 g/mol. The van der Waals surface area contributed by atoms with Crippen LogP contribution in [0.15, 0.2) is 71.4 Å². The van der Waals surface area contributed by atoms with Crippen LogP contribution >= 0.6 is 22.7 Å². The molecule has 4 unspecified atom stereocenters. The molecular formula is C24H18O2S2. The van der Waals surface area contributed by atoms with E-state index in [0.717, 1.165) is 22.3 Å². The summed E-state index contributed by atoms with van der Waals surface area (Å²) in [5.41, 5.74) is 6.98. The van der Waals surface area contributed by atoms with Gasteiger partial charge in [0.05, 0.1) is 12.2 Å². The molecule has 2 nitrogen and oxygen atoms in total. The van der Waals surface area contributed by atoms with E-state index in [0.29, 0.717) is 0 Å². The Balaban J connectivity index is 1.54. The molecule has 28 heavy (non-hydrogen) atoms.